The summed E-state index contributed by atoms with van der Waals surface area (Å²) in [4.78, 5) is 15.8. The number of H-pyrrole nitrogens is 2. The summed E-state index contributed by atoms with van der Waals surface area (Å²) in [5, 5.41) is 13.2. The molecule has 0 atom stereocenters. The number of rotatable bonds is 9. The van der Waals surface area contributed by atoms with Gasteiger partial charge in [0.25, 0.3) is 10.1 Å². The first-order chi connectivity index (χ1) is 14.4. The molecule has 4 rings (SSSR count). The van der Waals surface area contributed by atoms with Gasteiger partial charge in [-0.1, -0.05) is 28.6 Å². The van der Waals surface area contributed by atoms with Crippen LogP contribution < -0.4 is 0 Å². The normalized spacial score (nSPS) is 12.2. The number of benzene rings is 2. The molecule has 0 saturated heterocycles. The second-order valence-corrected chi connectivity index (χ2v) is 10.2. The maximum atomic E-state index is 11.2. The van der Waals surface area contributed by atoms with Crippen molar-refractivity contribution in [3.63, 3.8) is 0 Å². The molecule has 14 heteroatoms. The van der Waals surface area contributed by atoms with Crippen LogP contribution >= 0.6 is 35.6 Å². The van der Waals surface area contributed by atoms with E-state index >= 15 is 0 Å². The number of fused-ring (bicyclic) bond motifs is 2. The Morgan fingerprint density at radius 2 is 1.53 bits per heavy atom. The van der Waals surface area contributed by atoms with Crippen molar-refractivity contribution in [1.82, 2.24) is 19.9 Å². The minimum Gasteiger partial charge on any atom is -0.333 e. The highest BCUT2D eigenvalue weighted by atomic mass is 32.2. The summed E-state index contributed by atoms with van der Waals surface area (Å²) in [6.07, 6.45) is 0. The van der Waals surface area contributed by atoms with Crippen LogP contribution in [0.5, 0.6) is 0 Å². The third-order valence-electron chi connectivity index (χ3n) is 3.88. The summed E-state index contributed by atoms with van der Waals surface area (Å²) in [5.74, 6) is 1.51. The second kappa shape index (κ2) is 9.15. The Morgan fingerprint density at radius 3 is 2.13 bits per heavy atom. The number of imidazole rings is 2. The molecule has 2 aromatic heterocycles. The predicted octanol–water partition coefficient (Wildman–Crippen LogP) is 4.00. The maximum Gasteiger partial charge on any atom is 0.294 e. The Balaban J connectivity index is 1.34. The van der Waals surface area contributed by atoms with Crippen LogP contribution in [0.15, 0.2) is 56.5 Å². The van der Waals surface area contributed by atoms with Crippen molar-refractivity contribution in [2.24, 2.45) is 0 Å². The zero-order valence-electron chi connectivity index (χ0n) is 14.9. The Morgan fingerprint density at radius 1 is 0.933 bits per heavy atom. The quantitative estimate of drug-likeness (QED) is 0.0678. The van der Waals surface area contributed by atoms with Gasteiger partial charge in [0.05, 0.1) is 39.0 Å². The highest BCUT2D eigenvalue weighted by Gasteiger charge is 2.12. The summed E-state index contributed by atoms with van der Waals surface area (Å²) >= 11 is 3.94. The van der Waals surface area contributed by atoms with Crippen molar-refractivity contribution in [3.05, 3.63) is 36.4 Å². The molecule has 30 heavy (non-hydrogen) atoms. The molecule has 2 heterocycles. The zero-order chi connectivity index (χ0) is 21.1. The van der Waals surface area contributed by atoms with Crippen LogP contribution in [-0.4, -0.2) is 49.7 Å². The Bertz CT molecular complexity index is 1290. The number of hydrogen-bond donors (Lipinski definition) is 4. The van der Waals surface area contributed by atoms with Gasteiger partial charge in [-0.15, -0.1) is 4.33 Å². The van der Waals surface area contributed by atoms with Gasteiger partial charge in [-0.2, -0.15) is 8.42 Å². The fraction of sp³-hybridized carbons (Fsp3) is 0.125. The van der Waals surface area contributed by atoms with Gasteiger partial charge in [0.2, 0.25) is 0 Å². The molecule has 0 amide bonds. The highest BCUT2D eigenvalue weighted by molar-refractivity contribution is 8.02. The fourth-order valence-corrected chi connectivity index (χ4v) is 5.26. The molecule has 0 aliphatic rings. The van der Waals surface area contributed by atoms with E-state index in [9.17, 15) is 8.42 Å². The first-order valence-electron chi connectivity index (χ1n) is 8.30. The molecule has 0 aliphatic heterocycles. The maximum absolute atomic E-state index is 11.2. The van der Waals surface area contributed by atoms with Crippen LogP contribution in [0.4, 0.5) is 0 Å². The molecule has 4 aromatic rings. The standard InChI is InChI=1S/C16H14N4O6S4/c21-25-26-29-9-1-3-11-13(7-9)19-15(17-11)27-5-6-28-16-18-12-4-2-10(30(22,23)24)8-14(12)20-16/h1-4,7-8,21H,5-6H2,(H,17,19)(H,18,20)(H,22,23,24). The van der Waals surface area contributed by atoms with Gasteiger partial charge >= 0.3 is 0 Å². The molecule has 4 N–H and O–H groups in total. The van der Waals surface area contributed by atoms with Crippen molar-refractivity contribution in [2.45, 2.75) is 20.1 Å². The number of aromatic amines is 2. The number of hydrogen-bond acceptors (Lipinski definition) is 10. The minimum atomic E-state index is -4.25. The monoisotopic (exact) mass is 486 g/mol. The van der Waals surface area contributed by atoms with E-state index in [0.29, 0.717) is 16.2 Å². The average Bonchev–Trinajstić information content (AvgIpc) is 3.30. The van der Waals surface area contributed by atoms with E-state index in [1.807, 2.05) is 12.1 Å². The van der Waals surface area contributed by atoms with Crippen molar-refractivity contribution in [1.29, 1.82) is 0 Å². The van der Waals surface area contributed by atoms with Gasteiger partial charge in [-0.3, -0.25) is 4.55 Å². The molecule has 0 bridgehead atoms. The van der Waals surface area contributed by atoms with Crippen LogP contribution in [0.2, 0.25) is 0 Å². The predicted molar refractivity (Wildman–Crippen MR) is 114 cm³/mol. The first kappa shape index (κ1) is 21.5. The van der Waals surface area contributed by atoms with E-state index in [2.05, 4.69) is 29.3 Å². The molecular weight excluding hydrogens is 472 g/mol. The average molecular weight is 487 g/mol. The van der Waals surface area contributed by atoms with Crippen LogP contribution in [-0.2, 0) is 19.5 Å². The van der Waals surface area contributed by atoms with Gasteiger partial charge in [-0.05, 0) is 36.4 Å². The number of thioether (sulfide) groups is 2. The van der Waals surface area contributed by atoms with Gasteiger partial charge in [-0.25, -0.2) is 15.2 Å². The van der Waals surface area contributed by atoms with Crippen molar-refractivity contribution in [2.75, 3.05) is 11.5 Å². The number of aromatic nitrogens is 4. The molecule has 158 valence electrons. The first-order valence-corrected chi connectivity index (χ1v) is 12.4. The molecular formula is C16H14N4O6S4. The smallest absolute Gasteiger partial charge is 0.294 e. The van der Waals surface area contributed by atoms with Crippen molar-refractivity contribution < 1.29 is 27.6 Å². The van der Waals surface area contributed by atoms with Crippen molar-refractivity contribution >= 4 is 67.8 Å². The molecule has 0 unspecified atom stereocenters. The van der Waals surface area contributed by atoms with E-state index in [1.54, 1.807) is 23.9 Å². The third-order valence-corrected chi connectivity index (χ3v) is 7.32. The lowest BCUT2D eigenvalue weighted by molar-refractivity contribution is -0.432. The molecule has 10 nitrogen and oxygen atoms in total. The van der Waals surface area contributed by atoms with E-state index in [-0.39, 0.29) is 4.90 Å². The Labute approximate surface area is 183 Å². The minimum absolute atomic E-state index is 0.173. The molecule has 2 aromatic carbocycles. The van der Waals surface area contributed by atoms with Gasteiger partial charge in [0.1, 0.15) is 0 Å². The summed E-state index contributed by atoms with van der Waals surface area (Å²) in [6.45, 7) is 0. The summed E-state index contributed by atoms with van der Waals surface area (Å²) < 4.78 is 36.0. The SMILES string of the molecule is O=S(=O)(O)c1ccc2nc(SCCSc3nc4ccc(SOOO)cc4[nH]3)[nH]c2c1. The summed E-state index contributed by atoms with van der Waals surface area (Å²) in [6, 6.07) is 9.69. The largest absolute Gasteiger partial charge is 0.333 e. The van der Waals surface area contributed by atoms with E-state index < -0.39 is 10.1 Å². The van der Waals surface area contributed by atoms with Gasteiger partial charge in [0, 0.05) is 16.4 Å². The van der Waals surface area contributed by atoms with Crippen LogP contribution in [0, 0.1) is 0 Å². The lowest BCUT2D eigenvalue weighted by atomic mass is 10.3. The molecule has 0 saturated carbocycles. The van der Waals surface area contributed by atoms with Crippen LogP contribution in [0.25, 0.3) is 22.1 Å². The van der Waals surface area contributed by atoms with E-state index in [1.165, 1.54) is 23.9 Å². The Hall–Kier alpha value is -1.78. The van der Waals surface area contributed by atoms with Gasteiger partial charge < -0.3 is 9.97 Å². The number of nitrogens with one attached hydrogen (secondary N) is 2. The lowest BCUT2D eigenvalue weighted by Crippen LogP contribution is -1.97. The van der Waals surface area contributed by atoms with E-state index in [0.717, 1.165) is 44.6 Å². The molecule has 0 fully saturated rings. The molecule has 0 aliphatic carbocycles. The number of nitrogens with zero attached hydrogens (tertiary/aromatic N) is 2. The Kier molecular flexibility index (Phi) is 6.54. The van der Waals surface area contributed by atoms with Crippen molar-refractivity contribution in [3.8, 4) is 0 Å². The van der Waals surface area contributed by atoms with E-state index in [4.69, 9.17) is 9.81 Å². The highest BCUT2D eigenvalue weighted by Crippen LogP contribution is 2.27. The van der Waals surface area contributed by atoms with Crippen LogP contribution in [0.3, 0.4) is 0 Å². The molecule has 0 spiro atoms. The zero-order valence-corrected chi connectivity index (χ0v) is 18.2. The third kappa shape index (κ3) is 5.09. The van der Waals surface area contributed by atoms with Crippen LogP contribution in [0.1, 0.15) is 0 Å². The summed E-state index contributed by atoms with van der Waals surface area (Å²) in [7, 11) is -4.25. The molecule has 0 radical (unpaired) electrons. The lowest BCUT2D eigenvalue weighted by Gasteiger charge is -1.97. The topological polar surface area (TPSA) is 150 Å². The summed E-state index contributed by atoms with van der Waals surface area (Å²) in [5.41, 5.74) is 2.82. The van der Waals surface area contributed by atoms with Gasteiger partial charge in [0.15, 0.2) is 10.3 Å². The fourth-order valence-electron chi connectivity index (χ4n) is 2.61. The second-order valence-electron chi connectivity index (χ2n) is 5.84.